The number of nitrogens with zero attached hydrogens (tertiary/aromatic N) is 3. The minimum Gasteiger partial charge on any atom is -0.470 e. The van der Waals surface area contributed by atoms with Crippen molar-refractivity contribution in [2.45, 2.75) is 26.4 Å². The fraction of sp³-hybridized carbons (Fsp3) is 0.667. The Labute approximate surface area is 98.1 Å². The largest absolute Gasteiger partial charge is 0.470 e. The molecule has 0 spiro atoms. The molecule has 0 amide bonds. The summed E-state index contributed by atoms with van der Waals surface area (Å²) in [5.41, 5.74) is -0.00268. The minimum absolute atomic E-state index is 0.00394. The zero-order valence-corrected chi connectivity index (χ0v) is 10.8. The zero-order valence-electron chi connectivity index (χ0n) is 9.97. The van der Waals surface area contributed by atoms with Crippen LogP contribution in [0.2, 0.25) is 0 Å². The van der Waals surface area contributed by atoms with Crippen LogP contribution in [0.3, 0.4) is 0 Å². The maximum atomic E-state index is 10.8. The van der Waals surface area contributed by atoms with Crippen LogP contribution >= 0.6 is 11.5 Å². The van der Waals surface area contributed by atoms with E-state index in [1.54, 1.807) is 19.0 Å². The van der Waals surface area contributed by atoms with E-state index in [0.717, 1.165) is 11.5 Å². The van der Waals surface area contributed by atoms with E-state index in [1.807, 2.05) is 20.8 Å². The quantitative estimate of drug-likeness (QED) is 0.603. The highest BCUT2D eigenvalue weighted by Gasteiger charge is 2.28. The molecule has 1 aromatic rings. The summed E-state index contributed by atoms with van der Waals surface area (Å²) in [7, 11) is 3.46. The molecule has 0 fully saturated rings. The van der Waals surface area contributed by atoms with Crippen LogP contribution in [0.15, 0.2) is 0 Å². The van der Waals surface area contributed by atoms with Crippen LogP contribution in [0.1, 0.15) is 20.8 Å². The smallest absolute Gasteiger partial charge is 0.370 e. The van der Waals surface area contributed by atoms with E-state index >= 15 is 0 Å². The average molecular weight is 245 g/mol. The maximum Gasteiger partial charge on any atom is 0.370 e. The molecule has 0 unspecified atom stereocenters. The SMILES string of the molecule is CN(C)c1c(OC(C)(C)C)nsc1[N+](=O)[O-]. The van der Waals surface area contributed by atoms with Gasteiger partial charge in [-0.15, -0.1) is 4.37 Å². The molecule has 0 aliphatic carbocycles. The van der Waals surface area contributed by atoms with Gasteiger partial charge in [-0.05, 0) is 20.8 Å². The van der Waals surface area contributed by atoms with E-state index in [4.69, 9.17) is 4.74 Å². The lowest BCUT2D eigenvalue weighted by Crippen LogP contribution is -2.24. The highest BCUT2D eigenvalue weighted by molar-refractivity contribution is 7.10. The first-order valence-electron chi connectivity index (χ1n) is 4.73. The van der Waals surface area contributed by atoms with E-state index < -0.39 is 10.5 Å². The molecule has 0 saturated carbocycles. The number of ether oxygens (including phenoxy) is 1. The first-order chi connectivity index (χ1) is 7.22. The number of anilines is 1. The Morgan fingerprint density at radius 3 is 2.38 bits per heavy atom. The molecule has 0 atom stereocenters. The van der Waals surface area contributed by atoms with Gasteiger partial charge in [0.05, 0.1) is 4.92 Å². The van der Waals surface area contributed by atoms with E-state index in [9.17, 15) is 10.1 Å². The molecule has 0 aromatic carbocycles. The van der Waals surface area contributed by atoms with Gasteiger partial charge in [-0.2, -0.15) is 0 Å². The summed E-state index contributed by atoms with van der Waals surface area (Å²) in [6.07, 6.45) is 0. The fourth-order valence-corrected chi connectivity index (χ4v) is 1.84. The second kappa shape index (κ2) is 4.25. The Morgan fingerprint density at radius 1 is 1.44 bits per heavy atom. The van der Waals surface area contributed by atoms with Crippen molar-refractivity contribution in [1.29, 1.82) is 0 Å². The van der Waals surface area contributed by atoms with Gasteiger partial charge < -0.3 is 9.64 Å². The van der Waals surface area contributed by atoms with Gasteiger partial charge in [0.2, 0.25) is 0 Å². The summed E-state index contributed by atoms with van der Waals surface area (Å²) >= 11 is 0.838. The van der Waals surface area contributed by atoms with Crippen LogP contribution in [0, 0.1) is 10.1 Å². The molecule has 0 bridgehead atoms. The number of aromatic nitrogens is 1. The van der Waals surface area contributed by atoms with Crippen molar-refractivity contribution in [3.05, 3.63) is 10.1 Å². The monoisotopic (exact) mass is 245 g/mol. The lowest BCUT2D eigenvalue weighted by atomic mass is 10.2. The standard InChI is InChI=1S/C9H15N3O3S/c1-9(2,3)15-7-6(11(4)5)8(12(13)14)16-10-7/h1-5H3. The predicted octanol–water partition coefficient (Wildman–Crippen LogP) is 2.29. The second-order valence-electron chi connectivity index (χ2n) is 4.51. The number of rotatable bonds is 3. The minimum atomic E-state index is -0.442. The third kappa shape index (κ3) is 2.82. The first-order valence-corrected chi connectivity index (χ1v) is 5.50. The molecule has 0 aliphatic rings. The van der Waals surface area contributed by atoms with Gasteiger partial charge >= 0.3 is 5.00 Å². The molecule has 0 radical (unpaired) electrons. The summed E-state index contributed by atoms with van der Waals surface area (Å²) in [5, 5.41) is 10.8. The van der Waals surface area contributed by atoms with Gasteiger partial charge in [0, 0.05) is 25.6 Å². The Bertz CT molecular complexity index is 395. The Morgan fingerprint density at radius 2 is 2.00 bits per heavy atom. The predicted molar refractivity (Wildman–Crippen MR) is 63.5 cm³/mol. The van der Waals surface area contributed by atoms with Crippen molar-refractivity contribution in [1.82, 2.24) is 4.37 Å². The normalized spacial score (nSPS) is 11.3. The molecular weight excluding hydrogens is 230 g/mol. The zero-order chi connectivity index (χ0) is 12.5. The fourth-order valence-electron chi connectivity index (χ4n) is 1.12. The van der Waals surface area contributed by atoms with Gasteiger partial charge in [0.25, 0.3) is 5.88 Å². The molecular formula is C9H15N3O3S. The molecule has 0 N–H and O–H groups in total. The molecule has 0 saturated heterocycles. The van der Waals surface area contributed by atoms with Gasteiger partial charge in [0.1, 0.15) is 5.60 Å². The van der Waals surface area contributed by atoms with Gasteiger partial charge in [0.15, 0.2) is 5.69 Å². The topological polar surface area (TPSA) is 68.5 Å². The third-order valence-corrected chi connectivity index (χ3v) is 2.41. The molecule has 1 heterocycles. The van der Waals surface area contributed by atoms with Gasteiger partial charge in [-0.25, -0.2) is 0 Å². The lowest BCUT2D eigenvalue weighted by molar-refractivity contribution is -0.379. The van der Waals surface area contributed by atoms with Gasteiger partial charge in [-0.1, -0.05) is 0 Å². The van der Waals surface area contributed by atoms with Gasteiger partial charge in [-0.3, -0.25) is 10.1 Å². The highest BCUT2D eigenvalue weighted by Crippen LogP contribution is 2.40. The second-order valence-corrected chi connectivity index (χ2v) is 5.26. The summed E-state index contributed by atoms with van der Waals surface area (Å²) in [6, 6.07) is 0. The highest BCUT2D eigenvalue weighted by atomic mass is 32.1. The van der Waals surface area contributed by atoms with Crippen molar-refractivity contribution < 1.29 is 9.66 Å². The summed E-state index contributed by atoms with van der Waals surface area (Å²) in [4.78, 5) is 12.0. The van der Waals surface area contributed by atoms with Crippen molar-refractivity contribution in [3.8, 4) is 5.88 Å². The third-order valence-electron chi connectivity index (χ3n) is 1.64. The number of hydrogen-bond acceptors (Lipinski definition) is 6. The van der Waals surface area contributed by atoms with E-state index in [-0.39, 0.29) is 5.00 Å². The number of hydrogen-bond donors (Lipinski definition) is 0. The molecule has 1 aromatic heterocycles. The summed E-state index contributed by atoms with van der Waals surface area (Å²) in [5.74, 6) is 0.314. The van der Waals surface area contributed by atoms with Crippen LogP contribution in [-0.2, 0) is 0 Å². The van der Waals surface area contributed by atoms with E-state index in [1.165, 1.54) is 0 Å². The molecule has 16 heavy (non-hydrogen) atoms. The van der Waals surface area contributed by atoms with E-state index in [0.29, 0.717) is 11.6 Å². The van der Waals surface area contributed by atoms with Crippen LogP contribution < -0.4 is 9.64 Å². The van der Waals surface area contributed by atoms with Crippen LogP contribution in [0.25, 0.3) is 0 Å². The van der Waals surface area contributed by atoms with Crippen molar-refractivity contribution in [3.63, 3.8) is 0 Å². The Balaban J connectivity index is 3.16. The number of nitro groups is 1. The van der Waals surface area contributed by atoms with Crippen molar-refractivity contribution in [2.75, 3.05) is 19.0 Å². The summed E-state index contributed by atoms with van der Waals surface area (Å²) < 4.78 is 9.56. The molecule has 7 heteroatoms. The molecule has 6 nitrogen and oxygen atoms in total. The van der Waals surface area contributed by atoms with Crippen LogP contribution in [0.4, 0.5) is 10.7 Å². The van der Waals surface area contributed by atoms with Crippen molar-refractivity contribution >= 4 is 22.2 Å². The summed E-state index contributed by atoms with van der Waals surface area (Å²) in [6.45, 7) is 5.62. The first kappa shape index (κ1) is 12.7. The molecule has 1 rings (SSSR count). The maximum absolute atomic E-state index is 10.8. The molecule has 90 valence electrons. The van der Waals surface area contributed by atoms with Crippen molar-refractivity contribution in [2.24, 2.45) is 0 Å². The average Bonchev–Trinajstić information content (AvgIpc) is 2.44. The van der Waals surface area contributed by atoms with Crippen LogP contribution in [-0.4, -0.2) is 29.0 Å². The van der Waals surface area contributed by atoms with Crippen LogP contribution in [0.5, 0.6) is 5.88 Å². The lowest BCUT2D eigenvalue weighted by Gasteiger charge is -2.21. The Hall–Kier alpha value is -1.37. The van der Waals surface area contributed by atoms with E-state index in [2.05, 4.69) is 4.37 Å². The molecule has 0 aliphatic heterocycles. The Kier molecular flexibility index (Phi) is 3.37.